The fourth-order valence-corrected chi connectivity index (χ4v) is 3.10. The fraction of sp³-hybridized carbons (Fsp3) is 0.222. The zero-order chi connectivity index (χ0) is 17.2. The van der Waals surface area contributed by atoms with Crippen LogP contribution in [-0.2, 0) is 4.79 Å². The molecular weight excluding hydrogens is 318 g/mol. The molecule has 0 aliphatic carbocycles. The van der Waals surface area contributed by atoms with Crippen LogP contribution >= 0.6 is 0 Å². The number of piperidine rings is 1. The molecule has 1 aromatic heterocycles. The number of nitrogens with zero attached hydrogens (tertiary/aromatic N) is 3. The van der Waals surface area contributed by atoms with E-state index in [2.05, 4.69) is 20.7 Å². The number of fused-ring (bicyclic) bond motifs is 1. The molecule has 7 nitrogen and oxygen atoms in total. The van der Waals surface area contributed by atoms with E-state index in [-0.39, 0.29) is 11.8 Å². The summed E-state index contributed by atoms with van der Waals surface area (Å²) < 4.78 is 0. The minimum atomic E-state index is -0.519. The minimum Gasteiger partial charge on any atom is -0.340 e. The monoisotopic (exact) mass is 335 g/mol. The lowest BCUT2D eigenvalue weighted by atomic mass is 10.0. The smallest absolute Gasteiger partial charge is 0.252 e. The quantitative estimate of drug-likeness (QED) is 0.764. The number of benzene rings is 2. The molecule has 4 rings (SSSR count). The Morgan fingerprint density at radius 2 is 1.92 bits per heavy atom. The molecule has 3 aromatic rings. The molecule has 25 heavy (non-hydrogen) atoms. The lowest BCUT2D eigenvalue weighted by Gasteiger charge is -2.32. The third kappa shape index (κ3) is 2.96. The van der Waals surface area contributed by atoms with Gasteiger partial charge in [-0.2, -0.15) is 15.4 Å². The number of carbonyl (C=O) groups is 2. The molecule has 2 amide bonds. The molecule has 1 aliphatic rings. The molecule has 2 aromatic carbocycles. The van der Waals surface area contributed by atoms with Gasteiger partial charge in [0.1, 0.15) is 17.1 Å². The van der Waals surface area contributed by atoms with E-state index in [0.717, 1.165) is 12.1 Å². The lowest BCUT2D eigenvalue weighted by molar-refractivity contribution is -0.121. The van der Waals surface area contributed by atoms with Crippen molar-refractivity contribution in [2.75, 3.05) is 11.4 Å². The van der Waals surface area contributed by atoms with E-state index in [1.165, 1.54) is 0 Å². The van der Waals surface area contributed by atoms with Gasteiger partial charge in [0.15, 0.2) is 0 Å². The molecule has 0 spiro atoms. The normalized spacial score (nSPS) is 17.7. The number of aromatic nitrogens is 3. The Morgan fingerprint density at radius 1 is 1.12 bits per heavy atom. The predicted molar refractivity (Wildman–Crippen MR) is 93.2 cm³/mol. The van der Waals surface area contributed by atoms with E-state index in [9.17, 15) is 9.59 Å². The van der Waals surface area contributed by atoms with Crippen LogP contribution in [-0.4, -0.2) is 39.8 Å². The van der Waals surface area contributed by atoms with Crippen LogP contribution in [0, 0.1) is 0 Å². The van der Waals surface area contributed by atoms with Crippen molar-refractivity contribution >= 4 is 28.5 Å². The molecule has 0 unspecified atom stereocenters. The van der Waals surface area contributed by atoms with Gasteiger partial charge in [-0.3, -0.25) is 9.59 Å². The van der Waals surface area contributed by atoms with Crippen molar-refractivity contribution in [2.24, 2.45) is 0 Å². The maximum Gasteiger partial charge on any atom is 0.252 e. The van der Waals surface area contributed by atoms with Crippen LogP contribution in [0.4, 0.5) is 5.69 Å². The fourth-order valence-electron chi connectivity index (χ4n) is 3.10. The zero-order valence-corrected chi connectivity index (χ0v) is 13.5. The number of carbonyl (C=O) groups excluding carboxylic acids is 2. The second-order valence-corrected chi connectivity index (χ2v) is 6.02. The van der Waals surface area contributed by atoms with Crippen LogP contribution in [0.1, 0.15) is 23.2 Å². The molecular formula is C18H17N5O2. The van der Waals surface area contributed by atoms with Crippen molar-refractivity contribution in [3.63, 3.8) is 0 Å². The second-order valence-electron chi connectivity index (χ2n) is 6.02. The highest BCUT2D eigenvalue weighted by molar-refractivity contribution is 6.03. The second kappa shape index (κ2) is 6.35. The van der Waals surface area contributed by atoms with Gasteiger partial charge in [-0.25, -0.2) is 0 Å². The summed E-state index contributed by atoms with van der Waals surface area (Å²) in [6.07, 6.45) is 1.48. The Kier molecular flexibility index (Phi) is 3.89. The maximum absolute atomic E-state index is 12.7. The number of hydrogen-bond acceptors (Lipinski definition) is 4. The van der Waals surface area contributed by atoms with Gasteiger partial charge in [0.25, 0.3) is 5.91 Å². The van der Waals surface area contributed by atoms with Gasteiger partial charge in [0.05, 0.1) is 0 Å². The highest BCUT2D eigenvalue weighted by atomic mass is 16.2. The molecule has 1 fully saturated rings. The number of para-hydroxylation sites is 1. The van der Waals surface area contributed by atoms with Gasteiger partial charge in [-0.1, -0.05) is 18.2 Å². The van der Waals surface area contributed by atoms with E-state index in [4.69, 9.17) is 0 Å². The van der Waals surface area contributed by atoms with Crippen molar-refractivity contribution in [1.82, 2.24) is 20.7 Å². The molecule has 0 saturated carbocycles. The summed E-state index contributed by atoms with van der Waals surface area (Å²) in [5.74, 6) is -0.355. The molecule has 2 N–H and O–H groups in total. The highest BCUT2D eigenvalue weighted by Gasteiger charge is 2.30. The first-order valence-corrected chi connectivity index (χ1v) is 8.20. The summed E-state index contributed by atoms with van der Waals surface area (Å²) in [6, 6.07) is 14.1. The summed E-state index contributed by atoms with van der Waals surface area (Å²) in [7, 11) is 0. The number of rotatable bonds is 3. The summed E-state index contributed by atoms with van der Waals surface area (Å²) >= 11 is 0. The van der Waals surface area contributed by atoms with E-state index < -0.39 is 6.04 Å². The third-order valence-electron chi connectivity index (χ3n) is 4.39. The predicted octanol–water partition coefficient (Wildman–Crippen LogP) is 1.88. The average molecular weight is 335 g/mol. The molecule has 126 valence electrons. The number of H-pyrrole nitrogens is 1. The number of anilines is 1. The number of hydrogen-bond donors (Lipinski definition) is 2. The highest BCUT2D eigenvalue weighted by Crippen LogP contribution is 2.21. The van der Waals surface area contributed by atoms with Crippen molar-refractivity contribution in [1.29, 1.82) is 0 Å². The third-order valence-corrected chi connectivity index (χ3v) is 4.39. The largest absolute Gasteiger partial charge is 0.340 e. The molecule has 7 heteroatoms. The van der Waals surface area contributed by atoms with Crippen molar-refractivity contribution in [3.05, 3.63) is 54.1 Å². The van der Waals surface area contributed by atoms with Crippen LogP contribution < -0.4 is 10.2 Å². The SMILES string of the molecule is O=C(N[C@H]1CCCN(c2ccccc2)C1=O)c1ccc2n[nH]nc2c1. The molecule has 0 bridgehead atoms. The Balaban J connectivity index is 1.51. The van der Waals surface area contributed by atoms with Crippen molar-refractivity contribution in [3.8, 4) is 0 Å². The van der Waals surface area contributed by atoms with Gasteiger partial charge in [-0.05, 0) is 43.2 Å². The topological polar surface area (TPSA) is 91.0 Å². The maximum atomic E-state index is 12.7. The number of aromatic amines is 1. The Morgan fingerprint density at radius 3 is 2.76 bits per heavy atom. The first kappa shape index (κ1) is 15.3. The standard InChI is InChI=1S/C18H17N5O2/c24-17(12-8-9-14-16(11-12)21-22-20-14)19-15-7-4-10-23(18(15)25)13-5-2-1-3-6-13/h1-3,5-6,8-9,11,15H,4,7,10H2,(H,19,24)(H,20,21,22)/t15-/m0/s1. The molecule has 1 aliphatic heterocycles. The van der Waals surface area contributed by atoms with Crippen molar-refractivity contribution in [2.45, 2.75) is 18.9 Å². The van der Waals surface area contributed by atoms with E-state index in [1.54, 1.807) is 23.1 Å². The first-order valence-electron chi connectivity index (χ1n) is 8.20. The summed E-state index contributed by atoms with van der Waals surface area (Å²) in [6.45, 7) is 0.667. The summed E-state index contributed by atoms with van der Waals surface area (Å²) in [5.41, 5.74) is 2.63. The van der Waals surface area contributed by atoms with Crippen LogP contribution in [0.15, 0.2) is 48.5 Å². The minimum absolute atomic E-state index is 0.0756. The Bertz CT molecular complexity index is 921. The number of amides is 2. The number of nitrogens with one attached hydrogen (secondary N) is 2. The van der Waals surface area contributed by atoms with E-state index in [1.807, 2.05) is 30.3 Å². The molecule has 0 radical (unpaired) electrons. The zero-order valence-electron chi connectivity index (χ0n) is 13.5. The lowest BCUT2D eigenvalue weighted by Crippen LogP contribution is -2.52. The van der Waals surface area contributed by atoms with Gasteiger partial charge in [-0.15, -0.1) is 0 Å². The molecule has 1 saturated heterocycles. The van der Waals surface area contributed by atoms with Crippen LogP contribution in [0.3, 0.4) is 0 Å². The van der Waals surface area contributed by atoms with Gasteiger partial charge < -0.3 is 10.2 Å². The van der Waals surface area contributed by atoms with Crippen LogP contribution in [0.2, 0.25) is 0 Å². The first-order chi connectivity index (χ1) is 12.2. The summed E-state index contributed by atoms with van der Waals surface area (Å²) in [5, 5.41) is 13.3. The summed E-state index contributed by atoms with van der Waals surface area (Å²) in [4.78, 5) is 27.0. The average Bonchev–Trinajstić information content (AvgIpc) is 3.12. The molecule has 2 heterocycles. The molecule has 1 atom stereocenters. The Hall–Kier alpha value is -3.22. The van der Waals surface area contributed by atoms with Gasteiger partial charge >= 0.3 is 0 Å². The van der Waals surface area contributed by atoms with E-state index >= 15 is 0 Å². The van der Waals surface area contributed by atoms with Crippen molar-refractivity contribution < 1.29 is 9.59 Å². The van der Waals surface area contributed by atoms with Crippen LogP contribution in [0.5, 0.6) is 0 Å². The van der Waals surface area contributed by atoms with E-state index in [0.29, 0.717) is 29.6 Å². The van der Waals surface area contributed by atoms with Crippen LogP contribution in [0.25, 0.3) is 11.0 Å². The van der Waals surface area contributed by atoms with Gasteiger partial charge in [0, 0.05) is 17.8 Å². The Labute approximate surface area is 144 Å². The van der Waals surface area contributed by atoms with Gasteiger partial charge in [0.2, 0.25) is 5.91 Å².